The van der Waals surface area contributed by atoms with Crippen LogP contribution in [-0.2, 0) is 11.2 Å². The van der Waals surface area contributed by atoms with Crippen molar-refractivity contribution in [2.45, 2.75) is 12.8 Å². The Balaban J connectivity index is 1.82. The molecule has 2 N–H and O–H groups in total. The number of hydrogen-bond donors (Lipinski definition) is 2. The van der Waals surface area contributed by atoms with Crippen molar-refractivity contribution < 1.29 is 19.1 Å². The number of rotatable bonds is 6. The van der Waals surface area contributed by atoms with Gasteiger partial charge in [0.25, 0.3) is 5.91 Å². The molecule has 0 atom stereocenters. The summed E-state index contributed by atoms with van der Waals surface area (Å²) in [6, 6.07) is 11.8. The van der Waals surface area contributed by atoms with Crippen LogP contribution >= 0.6 is 11.6 Å². The summed E-state index contributed by atoms with van der Waals surface area (Å²) < 4.78 is 10.4. The van der Waals surface area contributed by atoms with Gasteiger partial charge >= 0.3 is 0 Å². The molecule has 2 aromatic rings. The number of ether oxygens (including phenoxy) is 2. The van der Waals surface area contributed by atoms with Crippen LogP contribution in [0.15, 0.2) is 42.5 Å². The molecule has 0 aliphatic rings. The number of aryl methyl sites for hydroxylation is 1. The van der Waals surface area contributed by atoms with E-state index in [1.54, 1.807) is 44.6 Å². The summed E-state index contributed by atoms with van der Waals surface area (Å²) in [4.78, 5) is 23.8. The SMILES string of the molecule is COc1ccc(CCC(=O)NNC(=O)c2ccc(Cl)cc2)cc1OC. The van der Waals surface area contributed by atoms with Gasteiger partial charge in [-0.05, 0) is 48.4 Å². The first-order valence-electron chi connectivity index (χ1n) is 7.59. The summed E-state index contributed by atoms with van der Waals surface area (Å²) in [5, 5.41) is 0.538. The highest BCUT2D eigenvalue weighted by molar-refractivity contribution is 6.30. The lowest BCUT2D eigenvalue weighted by molar-refractivity contribution is -0.121. The number of carbonyl (C=O) groups excluding carboxylic acids is 2. The van der Waals surface area contributed by atoms with Crippen LogP contribution in [0.2, 0.25) is 5.02 Å². The van der Waals surface area contributed by atoms with Crippen molar-refractivity contribution in [1.29, 1.82) is 0 Å². The molecule has 0 aromatic heterocycles. The van der Waals surface area contributed by atoms with Gasteiger partial charge < -0.3 is 9.47 Å². The summed E-state index contributed by atoms with van der Waals surface area (Å²) in [6.07, 6.45) is 0.722. The zero-order valence-electron chi connectivity index (χ0n) is 14.0. The van der Waals surface area contributed by atoms with Gasteiger partial charge in [-0.1, -0.05) is 17.7 Å². The van der Waals surface area contributed by atoms with Crippen LogP contribution in [0.3, 0.4) is 0 Å². The molecule has 0 unspecified atom stereocenters. The average Bonchev–Trinajstić information content (AvgIpc) is 2.64. The standard InChI is InChI=1S/C18H19ClN2O4/c1-24-15-9-3-12(11-16(15)25-2)4-10-17(22)20-21-18(23)13-5-7-14(19)8-6-13/h3,5-9,11H,4,10H2,1-2H3,(H,20,22)(H,21,23). The van der Waals surface area contributed by atoms with Crippen LogP contribution in [0.5, 0.6) is 11.5 Å². The molecule has 0 fully saturated rings. The number of carbonyl (C=O) groups is 2. The minimum absolute atomic E-state index is 0.219. The van der Waals surface area contributed by atoms with Gasteiger partial charge in [-0.2, -0.15) is 0 Å². The zero-order valence-corrected chi connectivity index (χ0v) is 14.7. The van der Waals surface area contributed by atoms with Crippen molar-refractivity contribution in [3.05, 3.63) is 58.6 Å². The van der Waals surface area contributed by atoms with E-state index in [2.05, 4.69) is 10.9 Å². The highest BCUT2D eigenvalue weighted by Crippen LogP contribution is 2.27. The van der Waals surface area contributed by atoms with Gasteiger partial charge in [-0.25, -0.2) is 0 Å². The van der Waals surface area contributed by atoms with Crippen LogP contribution in [0.1, 0.15) is 22.3 Å². The molecule has 2 rings (SSSR count). The molecule has 0 heterocycles. The predicted octanol–water partition coefficient (Wildman–Crippen LogP) is 2.75. The molecule has 0 aliphatic carbocycles. The van der Waals surface area contributed by atoms with E-state index < -0.39 is 5.91 Å². The molecule has 2 aromatic carbocycles. The molecule has 0 bridgehead atoms. The normalized spacial score (nSPS) is 10.0. The molecule has 2 amide bonds. The Kier molecular flexibility index (Phi) is 6.65. The molecule has 0 aliphatic heterocycles. The second-order valence-corrected chi connectivity index (χ2v) is 5.63. The average molecular weight is 363 g/mol. The fourth-order valence-electron chi connectivity index (χ4n) is 2.16. The number of nitrogens with one attached hydrogen (secondary N) is 2. The van der Waals surface area contributed by atoms with Crippen LogP contribution in [0.25, 0.3) is 0 Å². The van der Waals surface area contributed by atoms with Crippen molar-refractivity contribution >= 4 is 23.4 Å². The first-order chi connectivity index (χ1) is 12.0. The van der Waals surface area contributed by atoms with Crippen molar-refractivity contribution in [2.24, 2.45) is 0 Å². The summed E-state index contributed by atoms with van der Waals surface area (Å²) >= 11 is 5.77. The zero-order chi connectivity index (χ0) is 18.2. The molecule has 0 spiro atoms. The number of halogens is 1. The van der Waals surface area contributed by atoms with E-state index in [1.807, 2.05) is 12.1 Å². The van der Waals surface area contributed by atoms with E-state index in [1.165, 1.54) is 0 Å². The van der Waals surface area contributed by atoms with Crippen LogP contribution in [-0.4, -0.2) is 26.0 Å². The fraction of sp³-hybridized carbons (Fsp3) is 0.222. The maximum atomic E-state index is 11.9. The summed E-state index contributed by atoms with van der Waals surface area (Å²) in [5.74, 6) is 0.538. The monoisotopic (exact) mass is 362 g/mol. The molecule has 7 heteroatoms. The lowest BCUT2D eigenvalue weighted by Crippen LogP contribution is -2.41. The van der Waals surface area contributed by atoms with E-state index in [4.69, 9.17) is 21.1 Å². The van der Waals surface area contributed by atoms with Crippen LogP contribution < -0.4 is 20.3 Å². The Morgan fingerprint density at radius 2 is 1.64 bits per heavy atom. The maximum Gasteiger partial charge on any atom is 0.269 e. The quantitative estimate of drug-likeness (QED) is 0.775. The molecule has 0 saturated heterocycles. The third-order valence-electron chi connectivity index (χ3n) is 3.51. The molecule has 0 saturated carbocycles. The van der Waals surface area contributed by atoms with Crippen molar-refractivity contribution in [3.63, 3.8) is 0 Å². The smallest absolute Gasteiger partial charge is 0.269 e. The number of methoxy groups -OCH3 is 2. The Morgan fingerprint density at radius 1 is 0.960 bits per heavy atom. The van der Waals surface area contributed by atoms with Gasteiger partial charge in [0.2, 0.25) is 5.91 Å². The van der Waals surface area contributed by atoms with Gasteiger partial charge in [0.05, 0.1) is 14.2 Å². The van der Waals surface area contributed by atoms with Crippen LogP contribution in [0.4, 0.5) is 0 Å². The lowest BCUT2D eigenvalue weighted by atomic mass is 10.1. The molecule has 6 nitrogen and oxygen atoms in total. The number of benzene rings is 2. The minimum Gasteiger partial charge on any atom is -0.493 e. The van der Waals surface area contributed by atoms with E-state index in [0.717, 1.165) is 5.56 Å². The largest absolute Gasteiger partial charge is 0.493 e. The number of hydrogen-bond acceptors (Lipinski definition) is 4. The van der Waals surface area contributed by atoms with Crippen molar-refractivity contribution in [3.8, 4) is 11.5 Å². The second kappa shape index (κ2) is 8.94. The topological polar surface area (TPSA) is 76.7 Å². The van der Waals surface area contributed by atoms with Crippen molar-refractivity contribution in [1.82, 2.24) is 10.9 Å². The highest BCUT2D eigenvalue weighted by atomic mass is 35.5. The molecule has 0 radical (unpaired) electrons. The molecule has 132 valence electrons. The third-order valence-corrected chi connectivity index (χ3v) is 3.76. The summed E-state index contributed by atoms with van der Waals surface area (Å²) in [7, 11) is 3.12. The predicted molar refractivity (Wildman–Crippen MR) is 94.9 cm³/mol. The summed E-state index contributed by atoms with van der Waals surface area (Å²) in [6.45, 7) is 0. The third kappa shape index (κ3) is 5.39. The van der Waals surface area contributed by atoms with Gasteiger partial charge in [0.15, 0.2) is 11.5 Å². The maximum absolute atomic E-state index is 11.9. The Labute approximate surface area is 151 Å². The van der Waals surface area contributed by atoms with Gasteiger partial charge in [-0.3, -0.25) is 20.4 Å². The summed E-state index contributed by atoms with van der Waals surface area (Å²) in [5.41, 5.74) is 6.09. The minimum atomic E-state index is -0.406. The Bertz CT molecular complexity index is 747. The molecule has 25 heavy (non-hydrogen) atoms. The van der Waals surface area contributed by atoms with Gasteiger partial charge in [0, 0.05) is 17.0 Å². The van der Waals surface area contributed by atoms with E-state index in [-0.39, 0.29) is 12.3 Å². The van der Waals surface area contributed by atoms with Crippen molar-refractivity contribution in [2.75, 3.05) is 14.2 Å². The van der Waals surface area contributed by atoms with Gasteiger partial charge in [-0.15, -0.1) is 0 Å². The molecular weight excluding hydrogens is 344 g/mol. The first-order valence-corrected chi connectivity index (χ1v) is 7.97. The second-order valence-electron chi connectivity index (χ2n) is 5.20. The van der Waals surface area contributed by atoms with E-state index in [0.29, 0.717) is 28.5 Å². The van der Waals surface area contributed by atoms with E-state index >= 15 is 0 Å². The van der Waals surface area contributed by atoms with Gasteiger partial charge in [0.1, 0.15) is 0 Å². The fourth-order valence-corrected chi connectivity index (χ4v) is 2.28. The lowest BCUT2D eigenvalue weighted by Gasteiger charge is -2.10. The highest BCUT2D eigenvalue weighted by Gasteiger charge is 2.09. The number of hydrazine groups is 1. The van der Waals surface area contributed by atoms with E-state index in [9.17, 15) is 9.59 Å². The first kappa shape index (κ1) is 18.6. The number of amides is 2. The Hall–Kier alpha value is -2.73. The molecular formula is C18H19ClN2O4. The Morgan fingerprint density at radius 3 is 2.28 bits per heavy atom. The van der Waals surface area contributed by atoms with Crippen LogP contribution in [0, 0.1) is 0 Å².